The molecule has 0 saturated carbocycles. The van der Waals surface area contributed by atoms with Crippen molar-refractivity contribution < 1.29 is 8.42 Å². The fourth-order valence-corrected chi connectivity index (χ4v) is 1.75. The lowest BCUT2D eigenvalue weighted by molar-refractivity contribution is 0.590. The summed E-state index contributed by atoms with van der Waals surface area (Å²) in [6, 6.07) is 0. The van der Waals surface area contributed by atoms with E-state index >= 15 is 0 Å². The normalized spacial score (nSPS) is 14.8. The maximum Gasteiger partial charge on any atom is 0.166 e. The molecular weight excluding hydrogens is 186 g/mol. The smallest absolute Gasteiger partial charge is 0.166 e. The van der Waals surface area contributed by atoms with E-state index in [0.29, 0.717) is 13.0 Å². The molecule has 0 rings (SSSR count). The van der Waals surface area contributed by atoms with Gasteiger partial charge in [0.2, 0.25) is 0 Å². The van der Waals surface area contributed by atoms with Crippen LogP contribution in [-0.2, 0) is 9.84 Å². The molecule has 1 atom stereocenters. The monoisotopic (exact) mass is 199 g/mol. The van der Waals surface area contributed by atoms with Gasteiger partial charge in [-0.1, -0.05) is 0 Å². The molecule has 0 saturated heterocycles. The first kappa shape index (κ1) is 11.2. The number of rotatable bonds is 5. The van der Waals surface area contributed by atoms with Crippen molar-refractivity contribution in [2.24, 2.45) is 0 Å². The second-order valence-corrected chi connectivity index (χ2v) is 5.72. The highest BCUT2D eigenvalue weighted by Gasteiger charge is 2.16. The van der Waals surface area contributed by atoms with Crippen LogP contribution in [0.1, 0.15) is 13.3 Å². The van der Waals surface area contributed by atoms with Crippen molar-refractivity contribution >= 4 is 21.4 Å². The summed E-state index contributed by atoms with van der Waals surface area (Å²) in [6.45, 7) is 2.19. The summed E-state index contributed by atoms with van der Waals surface area (Å²) in [5.74, 6) is 0.165. The van der Waals surface area contributed by atoms with E-state index in [1.165, 1.54) is 6.92 Å². The van der Waals surface area contributed by atoms with Crippen LogP contribution in [0.15, 0.2) is 0 Å². The zero-order valence-electron chi connectivity index (χ0n) is 6.80. The van der Waals surface area contributed by atoms with Crippen molar-refractivity contribution in [2.45, 2.75) is 18.1 Å². The Balaban J connectivity index is 3.75. The standard InChI is InChI=1S/C6H14ClNO2S/c1-6(7)11(9,10)5-3-4-8-2/h6,8H,3-5H2,1-2H3. The summed E-state index contributed by atoms with van der Waals surface area (Å²) in [6.07, 6.45) is 0.621. The van der Waals surface area contributed by atoms with Crippen LogP contribution in [-0.4, -0.2) is 32.5 Å². The van der Waals surface area contributed by atoms with E-state index in [1.54, 1.807) is 7.05 Å². The third kappa shape index (κ3) is 4.61. The Morgan fingerprint density at radius 1 is 1.55 bits per heavy atom. The summed E-state index contributed by atoms with van der Waals surface area (Å²) in [5, 5.41) is 2.87. The molecule has 68 valence electrons. The van der Waals surface area contributed by atoms with Crippen LogP contribution in [0.2, 0.25) is 0 Å². The minimum Gasteiger partial charge on any atom is -0.320 e. The number of nitrogens with one attached hydrogen (secondary N) is 1. The van der Waals surface area contributed by atoms with Gasteiger partial charge in [-0.05, 0) is 26.9 Å². The number of hydrogen-bond acceptors (Lipinski definition) is 3. The van der Waals surface area contributed by atoms with E-state index < -0.39 is 14.5 Å². The number of halogens is 1. The predicted octanol–water partition coefficient (Wildman–Crippen LogP) is 0.596. The van der Waals surface area contributed by atoms with Gasteiger partial charge >= 0.3 is 0 Å². The van der Waals surface area contributed by atoms with Crippen LogP contribution in [0.4, 0.5) is 0 Å². The molecule has 0 fully saturated rings. The van der Waals surface area contributed by atoms with Gasteiger partial charge in [0.15, 0.2) is 9.84 Å². The Hall–Kier alpha value is 0.200. The number of hydrogen-bond donors (Lipinski definition) is 1. The number of sulfone groups is 1. The Labute approximate surface area is 73.0 Å². The molecule has 1 N–H and O–H groups in total. The quantitative estimate of drug-likeness (QED) is 0.521. The summed E-state index contributed by atoms with van der Waals surface area (Å²) in [7, 11) is -1.26. The first-order valence-corrected chi connectivity index (χ1v) is 5.66. The second kappa shape index (κ2) is 4.95. The Morgan fingerprint density at radius 3 is 2.45 bits per heavy atom. The lowest BCUT2D eigenvalue weighted by Gasteiger charge is -2.04. The summed E-state index contributed by atoms with van der Waals surface area (Å²) in [4.78, 5) is 0. The van der Waals surface area contributed by atoms with E-state index in [2.05, 4.69) is 5.32 Å². The molecule has 0 bridgehead atoms. The van der Waals surface area contributed by atoms with Gasteiger partial charge in [-0.2, -0.15) is 0 Å². The van der Waals surface area contributed by atoms with Crippen LogP contribution in [0.5, 0.6) is 0 Å². The van der Waals surface area contributed by atoms with Gasteiger partial charge in [0.25, 0.3) is 0 Å². The van der Waals surface area contributed by atoms with Crippen molar-refractivity contribution in [3.05, 3.63) is 0 Å². The summed E-state index contributed by atoms with van der Waals surface area (Å²) in [5.41, 5.74) is 0. The van der Waals surface area contributed by atoms with Crippen LogP contribution >= 0.6 is 11.6 Å². The van der Waals surface area contributed by atoms with Crippen molar-refractivity contribution in [1.29, 1.82) is 0 Å². The van der Waals surface area contributed by atoms with Crippen molar-refractivity contribution in [3.8, 4) is 0 Å². The van der Waals surface area contributed by atoms with Crippen molar-refractivity contribution in [2.75, 3.05) is 19.3 Å². The van der Waals surface area contributed by atoms with Gasteiger partial charge in [0.1, 0.15) is 4.71 Å². The lowest BCUT2D eigenvalue weighted by atomic mass is 10.5. The first-order chi connectivity index (χ1) is 5.00. The molecule has 0 aromatic rings. The van der Waals surface area contributed by atoms with Gasteiger partial charge in [0, 0.05) is 0 Å². The molecule has 0 aromatic carbocycles. The minimum absolute atomic E-state index is 0.165. The second-order valence-electron chi connectivity index (χ2n) is 2.37. The van der Waals surface area contributed by atoms with Gasteiger partial charge in [-0.15, -0.1) is 11.6 Å². The fourth-order valence-electron chi connectivity index (χ4n) is 0.613. The maximum absolute atomic E-state index is 11.0. The SMILES string of the molecule is CNCCCS(=O)(=O)C(C)Cl. The zero-order chi connectivity index (χ0) is 8.91. The van der Waals surface area contributed by atoms with Gasteiger partial charge in [-0.25, -0.2) is 8.42 Å². The highest BCUT2D eigenvalue weighted by Crippen LogP contribution is 2.06. The molecule has 5 heteroatoms. The molecule has 11 heavy (non-hydrogen) atoms. The highest BCUT2D eigenvalue weighted by molar-refractivity contribution is 7.93. The number of alkyl halides is 1. The fraction of sp³-hybridized carbons (Fsp3) is 1.00. The molecule has 0 aliphatic carbocycles. The Morgan fingerprint density at radius 2 is 2.09 bits per heavy atom. The van der Waals surface area contributed by atoms with E-state index in [9.17, 15) is 8.42 Å². The minimum atomic E-state index is -3.05. The van der Waals surface area contributed by atoms with Crippen LogP contribution in [0, 0.1) is 0 Å². The van der Waals surface area contributed by atoms with E-state index in [1.807, 2.05) is 0 Å². The Bertz CT molecular complexity index is 189. The molecule has 0 radical (unpaired) electrons. The molecule has 3 nitrogen and oxygen atoms in total. The average Bonchev–Trinajstić information content (AvgIpc) is 1.88. The lowest BCUT2D eigenvalue weighted by Crippen LogP contribution is -2.19. The predicted molar refractivity (Wildman–Crippen MR) is 47.6 cm³/mol. The van der Waals surface area contributed by atoms with Crippen molar-refractivity contribution in [3.63, 3.8) is 0 Å². The largest absolute Gasteiger partial charge is 0.320 e. The molecular formula is C6H14ClNO2S. The summed E-state index contributed by atoms with van der Waals surface area (Å²) >= 11 is 5.44. The van der Waals surface area contributed by atoms with Gasteiger partial charge < -0.3 is 5.32 Å². The molecule has 0 heterocycles. The van der Waals surface area contributed by atoms with Crippen LogP contribution in [0.3, 0.4) is 0 Å². The topological polar surface area (TPSA) is 46.2 Å². The maximum atomic E-state index is 11.0. The van der Waals surface area contributed by atoms with E-state index in [0.717, 1.165) is 0 Å². The molecule has 0 aromatic heterocycles. The molecule has 0 spiro atoms. The molecule has 0 aliphatic rings. The highest BCUT2D eigenvalue weighted by atomic mass is 35.5. The third-order valence-electron chi connectivity index (χ3n) is 1.35. The Kier molecular flexibility index (Phi) is 5.04. The first-order valence-electron chi connectivity index (χ1n) is 3.51. The zero-order valence-corrected chi connectivity index (χ0v) is 8.37. The third-order valence-corrected chi connectivity index (χ3v) is 4.01. The van der Waals surface area contributed by atoms with Gasteiger partial charge in [-0.3, -0.25) is 0 Å². The van der Waals surface area contributed by atoms with Crippen LogP contribution in [0.25, 0.3) is 0 Å². The molecule has 0 amide bonds. The van der Waals surface area contributed by atoms with E-state index in [-0.39, 0.29) is 5.75 Å². The molecule has 1 unspecified atom stereocenters. The van der Waals surface area contributed by atoms with Gasteiger partial charge in [0.05, 0.1) is 5.75 Å². The average molecular weight is 200 g/mol. The van der Waals surface area contributed by atoms with E-state index in [4.69, 9.17) is 11.6 Å². The van der Waals surface area contributed by atoms with Crippen molar-refractivity contribution in [1.82, 2.24) is 5.32 Å². The summed E-state index contributed by atoms with van der Waals surface area (Å²) < 4.78 is 21.3. The molecule has 0 aliphatic heterocycles. The van der Waals surface area contributed by atoms with Crippen LogP contribution < -0.4 is 5.32 Å².